The summed E-state index contributed by atoms with van der Waals surface area (Å²) in [4.78, 5) is 11.0. The fraction of sp³-hybridized carbons (Fsp3) is 0.615. The standard InChI is InChI=1S/C13H19NO6S/c1-7-6-14(5-4-10(7)15)21(18,19)12-9(3)20-8(2)11(12)13(16)17/h7,10,15H,4-6H2,1-3H3,(H,16,17). The molecule has 1 aliphatic heterocycles. The van der Waals surface area contributed by atoms with Crippen molar-refractivity contribution < 1.29 is 27.8 Å². The molecule has 2 unspecified atom stereocenters. The van der Waals surface area contributed by atoms with Crippen LogP contribution >= 0.6 is 0 Å². The topological polar surface area (TPSA) is 108 Å². The van der Waals surface area contributed by atoms with Crippen LogP contribution < -0.4 is 0 Å². The van der Waals surface area contributed by atoms with Gasteiger partial charge in [-0.05, 0) is 26.2 Å². The van der Waals surface area contributed by atoms with Crippen LogP contribution in [0.15, 0.2) is 9.31 Å². The van der Waals surface area contributed by atoms with Gasteiger partial charge in [-0.1, -0.05) is 6.92 Å². The van der Waals surface area contributed by atoms with E-state index in [0.29, 0.717) is 6.42 Å². The molecule has 1 saturated heterocycles. The Labute approximate surface area is 123 Å². The maximum atomic E-state index is 12.7. The van der Waals surface area contributed by atoms with Gasteiger partial charge in [0.05, 0.1) is 6.10 Å². The first-order valence-corrected chi connectivity index (χ1v) is 8.11. The molecule has 0 radical (unpaired) electrons. The van der Waals surface area contributed by atoms with Crippen LogP contribution in [-0.2, 0) is 10.0 Å². The number of nitrogens with zero attached hydrogens (tertiary/aromatic N) is 1. The van der Waals surface area contributed by atoms with E-state index in [4.69, 9.17) is 4.42 Å². The molecule has 1 fully saturated rings. The van der Waals surface area contributed by atoms with Gasteiger partial charge in [-0.3, -0.25) is 0 Å². The molecule has 0 aliphatic carbocycles. The van der Waals surface area contributed by atoms with Crippen molar-refractivity contribution in [2.24, 2.45) is 5.92 Å². The van der Waals surface area contributed by atoms with Crippen molar-refractivity contribution in [1.82, 2.24) is 4.31 Å². The molecule has 8 heteroatoms. The zero-order chi connectivity index (χ0) is 15.9. The van der Waals surface area contributed by atoms with E-state index in [9.17, 15) is 23.4 Å². The van der Waals surface area contributed by atoms with Crippen molar-refractivity contribution in [3.8, 4) is 0 Å². The summed E-state index contributed by atoms with van der Waals surface area (Å²) in [6.07, 6.45) is -0.207. The number of furan rings is 1. The monoisotopic (exact) mass is 317 g/mol. The first kappa shape index (κ1) is 16.0. The van der Waals surface area contributed by atoms with Gasteiger partial charge >= 0.3 is 5.97 Å². The lowest BCUT2D eigenvalue weighted by Gasteiger charge is -2.33. The number of carboxylic acid groups (broad SMARTS) is 1. The molecule has 0 bridgehead atoms. The fourth-order valence-corrected chi connectivity index (χ4v) is 4.59. The minimum absolute atomic E-state index is 0.0728. The van der Waals surface area contributed by atoms with E-state index in [1.165, 1.54) is 18.2 Å². The van der Waals surface area contributed by atoms with E-state index in [-0.39, 0.29) is 41.0 Å². The molecule has 7 nitrogen and oxygen atoms in total. The normalized spacial score (nSPS) is 24.2. The summed E-state index contributed by atoms with van der Waals surface area (Å²) >= 11 is 0. The third kappa shape index (κ3) is 2.70. The zero-order valence-corrected chi connectivity index (χ0v) is 13.0. The molecule has 0 saturated carbocycles. The molecule has 1 aromatic rings. The summed E-state index contributed by atoms with van der Waals surface area (Å²) in [6, 6.07) is 0. The summed E-state index contributed by atoms with van der Waals surface area (Å²) < 4.78 is 31.9. The van der Waals surface area contributed by atoms with E-state index in [0.717, 1.165) is 0 Å². The van der Waals surface area contributed by atoms with Crippen LogP contribution in [0, 0.1) is 19.8 Å². The maximum Gasteiger partial charge on any atom is 0.340 e. The SMILES string of the molecule is Cc1oc(C)c(S(=O)(=O)N2CCC(O)C(C)C2)c1C(=O)O. The van der Waals surface area contributed by atoms with Crippen molar-refractivity contribution in [2.45, 2.75) is 38.2 Å². The van der Waals surface area contributed by atoms with Gasteiger partial charge < -0.3 is 14.6 Å². The second kappa shape index (κ2) is 5.43. The van der Waals surface area contributed by atoms with Crippen LogP contribution in [0.5, 0.6) is 0 Å². The summed E-state index contributed by atoms with van der Waals surface area (Å²) in [5.74, 6) is -1.38. The number of rotatable bonds is 3. The first-order valence-electron chi connectivity index (χ1n) is 6.67. The molecular weight excluding hydrogens is 298 g/mol. The predicted molar refractivity (Wildman–Crippen MR) is 73.7 cm³/mol. The average molecular weight is 317 g/mol. The number of aliphatic hydroxyl groups excluding tert-OH is 1. The smallest absolute Gasteiger partial charge is 0.340 e. The van der Waals surface area contributed by atoms with Crippen molar-refractivity contribution in [3.63, 3.8) is 0 Å². The minimum Gasteiger partial charge on any atom is -0.478 e. The Bertz CT molecular complexity index is 662. The van der Waals surface area contributed by atoms with Crippen LogP contribution in [0.4, 0.5) is 0 Å². The lowest BCUT2D eigenvalue weighted by atomic mass is 9.99. The molecule has 0 aromatic carbocycles. The molecule has 0 spiro atoms. The molecule has 21 heavy (non-hydrogen) atoms. The van der Waals surface area contributed by atoms with Gasteiger partial charge in [0.15, 0.2) is 0 Å². The third-order valence-electron chi connectivity index (χ3n) is 3.84. The van der Waals surface area contributed by atoms with E-state index in [2.05, 4.69) is 0 Å². The second-order valence-electron chi connectivity index (χ2n) is 5.42. The molecule has 1 aliphatic rings. The highest BCUT2D eigenvalue weighted by Crippen LogP contribution is 2.31. The van der Waals surface area contributed by atoms with Crippen molar-refractivity contribution in [2.75, 3.05) is 13.1 Å². The molecule has 1 aromatic heterocycles. The van der Waals surface area contributed by atoms with Crippen LogP contribution in [0.3, 0.4) is 0 Å². The molecule has 2 rings (SSSR count). The van der Waals surface area contributed by atoms with Gasteiger partial charge in [-0.25, -0.2) is 13.2 Å². The van der Waals surface area contributed by atoms with Gasteiger partial charge in [0.2, 0.25) is 10.0 Å². The largest absolute Gasteiger partial charge is 0.478 e. The van der Waals surface area contributed by atoms with E-state index >= 15 is 0 Å². The summed E-state index contributed by atoms with van der Waals surface area (Å²) in [6.45, 7) is 4.95. The number of sulfonamides is 1. The number of carboxylic acids is 1. The van der Waals surface area contributed by atoms with E-state index in [1.807, 2.05) is 0 Å². The Balaban J connectivity index is 2.48. The minimum atomic E-state index is -3.96. The number of aliphatic hydroxyl groups is 1. The number of aryl methyl sites for hydroxylation is 2. The molecule has 2 heterocycles. The average Bonchev–Trinajstić information content (AvgIpc) is 2.68. The highest BCUT2D eigenvalue weighted by Gasteiger charge is 2.38. The van der Waals surface area contributed by atoms with Crippen molar-refractivity contribution in [1.29, 1.82) is 0 Å². The van der Waals surface area contributed by atoms with Crippen molar-refractivity contribution >= 4 is 16.0 Å². The summed E-state index contributed by atoms with van der Waals surface area (Å²) in [5.41, 5.74) is -0.314. The quantitative estimate of drug-likeness (QED) is 0.860. The summed E-state index contributed by atoms with van der Waals surface area (Å²) in [7, 11) is -3.96. The number of piperidine rings is 1. The number of hydrogen-bond acceptors (Lipinski definition) is 5. The molecule has 2 N–H and O–H groups in total. The van der Waals surface area contributed by atoms with Gasteiger partial charge in [-0.2, -0.15) is 4.31 Å². The van der Waals surface area contributed by atoms with Crippen molar-refractivity contribution in [3.05, 3.63) is 17.1 Å². The first-order chi connectivity index (χ1) is 9.66. The maximum absolute atomic E-state index is 12.7. The lowest BCUT2D eigenvalue weighted by molar-refractivity contribution is 0.0624. The third-order valence-corrected chi connectivity index (χ3v) is 5.86. The molecule has 2 atom stereocenters. The highest BCUT2D eigenvalue weighted by atomic mass is 32.2. The molecular formula is C13H19NO6S. The van der Waals surface area contributed by atoms with Crippen LogP contribution in [0.1, 0.15) is 35.2 Å². The van der Waals surface area contributed by atoms with Crippen LogP contribution in [0.2, 0.25) is 0 Å². The second-order valence-corrected chi connectivity index (χ2v) is 7.29. The number of hydrogen-bond donors (Lipinski definition) is 2. The summed E-state index contributed by atoms with van der Waals surface area (Å²) in [5, 5.41) is 18.9. The van der Waals surface area contributed by atoms with Crippen LogP contribution in [-0.4, -0.2) is 48.1 Å². The predicted octanol–water partition coefficient (Wildman–Crippen LogP) is 0.986. The number of carbonyl (C=O) groups is 1. The zero-order valence-electron chi connectivity index (χ0n) is 12.2. The Kier molecular flexibility index (Phi) is 4.14. The van der Waals surface area contributed by atoms with Gasteiger partial charge in [0.25, 0.3) is 0 Å². The van der Waals surface area contributed by atoms with Gasteiger partial charge in [0, 0.05) is 13.1 Å². The molecule has 118 valence electrons. The highest BCUT2D eigenvalue weighted by molar-refractivity contribution is 7.89. The Morgan fingerprint density at radius 3 is 2.48 bits per heavy atom. The number of aromatic carboxylic acids is 1. The van der Waals surface area contributed by atoms with E-state index < -0.39 is 22.1 Å². The van der Waals surface area contributed by atoms with Crippen LogP contribution in [0.25, 0.3) is 0 Å². The van der Waals surface area contributed by atoms with Gasteiger partial charge in [-0.15, -0.1) is 0 Å². The lowest BCUT2D eigenvalue weighted by Crippen LogP contribution is -2.45. The Hall–Kier alpha value is -1.38. The van der Waals surface area contributed by atoms with E-state index in [1.54, 1.807) is 6.92 Å². The Morgan fingerprint density at radius 2 is 1.95 bits per heavy atom. The molecule has 0 amide bonds. The Morgan fingerprint density at radius 1 is 1.33 bits per heavy atom. The fourth-order valence-electron chi connectivity index (χ4n) is 2.66. The van der Waals surface area contributed by atoms with Gasteiger partial charge in [0.1, 0.15) is 22.0 Å².